The first-order chi connectivity index (χ1) is 12.6. The smallest absolute Gasteiger partial charge is 0.184 e. The summed E-state index contributed by atoms with van der Waals surface area (Å²) in [5.41, 5.74) is 1.62. The molecule has 0 aliphatic carbocycles. The zero-order valence-electron chi connectivity index (χ0n) is 15.1. The third kappa shape index (κ3) is 3.97. The van der Waals surface area contributed by atoms with Crippen molar-refractivity contribution in [3.05, 3.63) is 48.2 Å². The Morgan fingerprint density at radius 1 is 0.846 bits per heavy atom. The predicted octanol–water partition coefficient (Wildman–Crippen LogP) is 3.39. The molecule has 26 heavy (non-hydrogen) atoms. The van der Waals surface area contributed by atoms with Crippen LogP contribution in [0.3, 0.4) is 0 Å². The second kappa shape index (κ2) is 7.64. The van der Waals surface area contributed by atoms with Crippen molar-refractivity contribution in [1.82, 2.24) is 19.9 Å². The molecule has 0 unspecified atom stereocenters. The Hall–Kier alpha value is -3.42. The zero-order valence-corrected chi connectivity index (χ0v) is 15.1. The van der Waals surface area contributed by atoms with Crippen LogP contribution in [0.4, 0.5) is 23.1 Å². The number of rotatable bonds is 6. The van der Waals surface area contributed by atoms with Crippen LogP contribution in [0.5, 0.6) is 11.5 Å². The molecule has 8 nitrogen and oxygen atoms in total. The molecule has 0 atom stereocenters. The highest BCUT2D eigenvalue weighted by molar-refractivity contribution is 5.70. The molecule has 0 spiro atoms. The van der Waals surface area contributed by atoms with Crippen LogP contribution < -0.4 is 20.1 Å². The molecule has 1 aromatic carbocycles. The average molecular weight is 352 g/mol. The zero-order chi connectivity index (χ0) is 18.5. The Labute approximate surface area is 151 Å². The number of ether oxygens (including phenoxy) is 2. The Kier molecular flexibility index (Phi) is 5.12. The van der Waals surface area contributed by atoms with Gasteiger partial charge in [0.05, 0.1) is 19.9 Å². The van der Waals surface area contributed by atoms with Crippen LogP contribution in [0.2, 0.25) is 0 Å². The van der Waals surface area contributed by atoms with Crippen molar-refractivity contribution in [3.63, 3.8) is 0 Å². The van der Waals surface area contributed by atoms with Gasteiger partial charge in [0.1, 0.15) is 29.6 Å². The number of methoxy groups -OCH3 is 2. The number of hydrogen-bond donors (Lipinski definition) is 2. The largest absolute Gasteiger partial charge is 0.493 e. The van der Waals surface area contributed by atoms with Gasteiger partial charge in [-0.25, -0.2) is 19.9 Å². The van der Waals surface area contributed by atoms with E-state index in [9.17, 15) is 0 Å². The van der Waals surface area contributed by atoms with Crippen LogP contribution in [-0.2, 0) is 0 Å². The lowest BCUT2D eigenvalue weighted by molar-refractivity contribution is 0.356. The Bertz CT molecular complexity index is 896. The highest BCUT2D eigenvalue weighted by atomic mass is 16.5. The molecular weight excluding hydrogens is 332 g/mol. The molecule has 2 aromatic heterocycles. The third-order valence-electron chi connectivity index (χ3n) is 3.55. The van der Waals surface area contributed by atoms with Crippen molar-refractivity contribution in [1.29, 1.82) is 0 Å². The minimum atomic E-state index is 0.602. The van der Waals surface area contributed by atoms with Gasteiger partial charge >= 0.3 is 0 Å². The summed E-state index contributed by atoms with van der Waals surface area (Å²) in [7, 11) is 3.19. The lowest BCUT2D eigenvalue weighted by Crippen LogP contribution is -2.02. The standard InChI is InChI=1S/C18H20N6O2/c1-11-8-17(22-12(2)21-11)24-16-9-15(19-10-20-16)23-13-6-5-7-14(25-3)18(13)26-4/h5-10H,1-4H3,(H2,19,20,21,22,23,24). The maximum absolute atomic E-state index is 5.43. The molecule has 0 radical (unpaired) electrons. The summed E-state index contributed by atoms with van der Waals surface area (Å²) in [5, 5.41) is 6.38. The summed E-state index contributed by atoms with van der Waals surface area (Å²) in [6.45, 7) is 3.77. The van der Waals surface area contributed by atoms with Crippen molar-refractivity contribution >= 4 is 23.1 Å². The normalized spacial score (nSPS) is 10.3. The molecule has 0 saturated heterocycles. The average Bonchev–Trinajstić information content (AvgIpc) is 2.61. The lowest BCUT2D eigenvalue weighted by atomic mass is 10.2. The van der Waals surface area contributed by atoms with E-state index in [-0.39, 0.29) is 0 Å². The SMILES string of the molecule is COc1cccc(Nc2cc(Nc3cc(C)nc(C)n3)ncn2)c1OC. The van der Waals surface area contributed by atoms with E-state index in [1.165, 1.54) is 6.33 Å². The van der Waals surface area contributed by atoms with Gasteiger partial charge in [0.25, 0.3) is 0 Å². The molecule has 8 heteroatoms. The van der Waals surface area contributed by atoms with Crippen molar-refractivity contribution < 1.29 is 9.47 Å². The van der Waals surface area contributed by atoms with Gasteiger partial charge < -0.3 is 20.1 Å². The number of nitrogens with one attached hydrogen (secondary N) is 2. The number of benzene rings is 1. The van der Waals surface area contributed by atoms with Gasteiger partial charge in [-0.2, -0.15) is 0 Å². The summed E-state index contributed by atoms with van der Waals surface area (Å²) in [4.78, 5) is 17.1. The van der Waals surface area contributed by atoms with E-state index in [1.807, 2.05) is 38.1 Å². The molecule has 0 amide bonds. The first-order valence-electron chi connectivity index (χ1n) is 7.98. The monoisotopic (exact) mass is 352 g/mol. The molecule has 3 rings (SSSR count). The molecule has 0 aliphatic heterocycles. The van der Waals surface area contributed by atoms with E-state index in [0.29, 0.717) is 34.8 Å². The molecule has 0 fully saturated rings. The van der Waals surface area contributed by atoms with Crippen LogP contribution >= 0.6 is 0 Å². The van der Waals surface area contributed by atoms with E-state index >= 15 is 0 Å². The van der Waals surface area contributed by atoms with Gasteiger partial charge in [0, 0.05) is 17.8 Å². The summed E-state index contributed by atoms with van der Waals surface area (Å²) in [6, 6.07) is 9.22. The predicted molar refractivity (Wildman–Crippen MR) is 99.6 cm³/mol. The molecule has 0 aliphatic rings. The van der Waals surface area contributed by atoms with Crippen LogP contribution in [0.15, 0.2) is 36.7 Å². The van der Waals surface area contributed by atoms with E-state index < -0.39 is 0 Å². The van der Waals surface area contributed by atoms with Gasteiger partial charge in [-0.1, -0.05) is 6.07 Å². The second-order valence-corrected chi connectivity index (χ2v) is 5.52. The number of para-hydroxylation sites is 1. The number of aromatic nitrogens is 4. The minimum absolute atomic E-state index is 0.602. The first kappa shape index (κ1) is 17.4. The topological polar surface area (TPSA) is 94.1 Å². The maximum atomic E-state index is 5.43. The van der Waals surface area contributed by atoms with Crippen molar-refractivity contribution in [2.24, 2.45) is 0 Å². The first-order valence-corrected chi connectivity index (χ1v) is 7.98. The fraction of sp³-hybridized carbons (Fsp3) is 0.222. The van der Waals surface area contributed by atoms with E-state index in [2.05, 4.69) is 30.6 Å². The molecule has 134 valence electrons. The van der Waals surface area contributed by atoms with Crippen molar-refractivity contribution in [3.8, 4) is 11.5 Å². The molecule has 0 bridgehead atoms. The van der Waals surface area contributed by atoms with Crippen LogP contribution in [-0.4, -0.2) is 34.2 Å². The molecule has 3 aromatic rings. The Morgan fingerprint density at radius 3 is 2.31 bits per heavy atom. The van der Waals surface area contributed by atoms with E-state index in [4.69, 9.17) is 9.47 Å². The highest BCUT2D eigenvalue weighted by Crippen LogP contribution is 2.36. The van der Waals surface area contributed by atoms with Gasteiger partial charge in [0.15, 0.2) is 11.5 Å². The summed E-state index contributed by atoms with van der Waals surface area (Å²) >= 11 is 0. The maximum Gasteiger partial charge on any atom is 0.184 e. The second-order valence-electron chi connectivity index (χ2n) is 5.52. The van der Waals surface area contributed by atoms with Crippen LogP contribution in [0.1, 0.15) is 11.5 Å². The van der Waals surface area contributed by atoms with Crippen molar-refractivity contribution in [2.45, 2.75) is 13.8 Å². The summed E-state index contributed by atoms with van der Waals surface area (Å²) in [6.07, 6.45) is 1.47. The van der Waals surface area contributed by atoms with Crippen LogP contribution in [0, 0.1) is 13.8 Å². The summed E-state index contributed by atoms with van der Waals surface area (Å²) < 4.78 is 10.7. The molecule has 2 heterocycles. The lowest BCUT2D eigenvalue weighted by Gasteiger charge is -2.14. The quantitative estimate of drug-likeness (QED) is 0.697. The molecule has 0 saturated carbocycles. The Morgan fingerprint density at radius 2 is 1.62 bits per heavy atom. The fourth-order valence-corrected chi connectivity index (χ4v) is 2.53. The molecule has 2 N–H and O–H groups in total. The minimum Gasteiger partial charge on any atom is -0.493 e. The van der Waals surface area contributed by atoms with E-state index in [1.54, 1.807) is 20.3 Å². The highest BCUT2D eigenvalue weighted by Gasteiger charge is 2.10. The number of anilines is 4. The number of nitrogens with zero attached hydrogens (tertiary/aromatic N) is 4. The van der Waals surface area contributed by atoms with Crippen molar-refractivity contribution in [2.75, 3.05) is 24.9 Å². The fourth-order valence-electron chi connectivity index (χ4n) is 2.53. The summed E-state index contributed by atoms with van der Waals surface area (Å²) in [5.74, 6) is 3.83. The number of hydrogen-bond acceptors (Lipinski definition) is 8. The van der Waals surface area contributed by atoms with Gasteiger partial charge in [-0.3, -0.25) is 0 Å². The van der Waals surface area contributed by atoms with Gasteiger partial charge in [0.2, 0.25) is 0 Å². The van der Waals surface area contributed by atoms with Crippen LogP contribution in [0.25, 0.3) is 0 Å². The number of aryl methyl sites for hydroxylation is 2. The van der Waals surface area contributed by atoms with Gasteiger partial charge in [-0.15, -0.1) is 0 Å². The molecular formula is C18H20N6O2. The van der Waals surface area contributed by atoms with Gasteiger partial charge in [-0.05, 0) is 26.0 Å². The Balaban J connectivity index is 1.84. The van der Waals surface area contributed by atoms with E-state index in [0.717, 1.165) is 11.4 Å². The third-order valence-corrected chi connectivity index (χ3v) is 3.55.